The topological polar surface area (TPSA) is 7.76 Å². The summed E-state index contributed by atoms with van der Waals surface area (Å²) < 4.78 is 89.4. The molecule has 0 saturated carbocycles. The van der Waals surface area contributed by atoms with Crippen LogP contribution in [0.3, 0.4) is 0 Å². The molecule has 0 radical (unpaired) electrons. The van der Waals surface area contributed by atoms with E-state index >= 15 is 0 Å². The fourth-order valence-electron chi connectivity index (χ4n) is 6.68. The zero-order chi connectivity index (χ0) is 30.6. The molecule has 2 aliphatic heterocycles. The molecule has 44 heavy (non-hydrogen) atoms. The van der Waals surface area contributed by atoms with Gasteiger partial charge in [0.15, 0.2) is 24.6 Å². The molecule has 0 N–H and O–H groups in total. The monoisotopic (exact) mass is 600 g/mol. The minimum atomic E-state index is -4.98. The van der Waals surface area contributed by atoms with Crippen LogP contribution in [0.25, 0.3) is 39.8 Å². The van der Waals surface area contributed by atoms with E-state index in [1.807, 2.05) is 88.3 Å². The number of benzene rings is 3. The third kappa shape index (κ3) is 4.88. The lowest BCUT2D eigenvalue weighted by atomic mass is 9.76. The highest BCUT2D eigenvalue weighted by Crippen LogP contribution is 2.49. The predicted molar refractivity (Wildman–Crippen MR) is 155 cm³/mol. The first-order valence-electron chi connectivity index (χ1n) is 14.3. The van der Waals surface area contributed by atoms with E-state index in [1.54, 1.807) is 24.4 Å². The van der Waals surface area contributed by atoms with Crippen LogP contribution < -0.4 is 9.13 Å². The van der Waals surface area contributed by atoms with E-state index in [0.29, 0.717) is 6.42 Å². The Balaban J connectivity index is 1.47. The molecule has 3 aromatic carbocycles. The minimum Gasteiger partial charge on any atom is -0.195 e. The zero-order valence-electron chi connectivity index (χ0n) is 23.3. The van der Waals surface area contributed by atoms with E-state index in [9.17, 15) is 26.3 Å². The first-order valence-corrected chi connectivity index (χ1v) is 14.3. The van der Waals surface area contributed by atoms with Crippen LogP contribution in [-0.2, 0) is 18.8 Å². The average molecular weight is 601 g/mol. The predicted octanol–water partition coefficient (Wildman–Crippen LogP) is 9.06. The molecule has 5 aromatic rings. The second-order valence-electron chi connectivity index (χ2n) is 11.2. The van der Waals surface area contributed by atoms with Crippen molar-refractivity contribution in [3.63, 3.8) is 0 Å². The SMILES string of the molecule is FC(F)(F)c1cc2c(c(C(F)(F)F)c1)-c1cccc[n+]1C1Cc3ccccc3-c3ccc(-c4ccccc4)c[n+]3/C=C/CC21. The number of hydrogen-bond acceptors (Lipinski definition) is 0. The Kier molecular flexibility index (Phi) is 6.68. The first kappa shape index (κ1) is 28.1. The van der Waals surface area contributed by atoms with Crippen molar-refractivity contribution in [1.29, 1.82) is 0 Å². The summed E-state index contributed by atoms with van der Waals surface area (Å²) in [6.07, 6.45) is -1.81. The Bertz CT molecular complexity index is 1910. The number of fused-ring (bicyclic) bond motifs is 9. The van der Waals surface area contributed by atoms with Crippen LogP contribution in [0.4, 0.5) is 26.3 Å². The summed E-state index contributed by atoms with van der Waals surface area (Å²) in [6, 6.07) is 27.5. The highest BCUT2D eigenvalue weighted by Gasteiger charge is 2.48. The van der Waals surface area contributed by atoms with Crippen molar-refractivity contribution in [2.75, 3.05) is 0 Å². The first-order chi connectivity index (χ1) is 21.1. The largest absolute Gasteiger partial charge is 0.417 e. The van der Waals surface area contributed by atoms with Gasteiger partial charge in [-0.1, -0.05) is 48.5 Å². The number of allylic oxidation sites excluding steroid dienone is 1. The van der Waals surface area contributed by atoms with Crippen LogP contribution in [0.1, 0.15) is 40.6 Å². The molecule has 4 heterocycles. The maximum Gasteiger partial charge on any atom is 0.417 e. The van der Waals surface area contributed by atoms with Gasteiger partial charge >= 0.3 is 12.4 Å². The van der Waals surface area contributed by atoms with Crippen molar-refractivity contribution >= 4 is 6.20 Å². The second kappa shape index (κ2) is 10.5. The van der Waals surface area contributed by atoms with Gasteiger partial charge in [-0.3, -0.25) is 0 Å². The molecule has 8 heteroatoms. The molecule has 0 saturated heterocycles. The molecule has 2 aliphatic rings. The number of halogens is 6. The molecule has 0 amide bonds. The van der Waals surface area contributed by atoms with Crippen LogP contribution in [0.2, 0.25) is 0 Å². The molecule has 7 rings (SSSR count). The Morgan fingerprint density at radius 2 is 1.43 bits per heavy atom. The van der Waals surface area contributed by atoms with Crippen molar-refractivity contribution in [3.8, 4) is 33.6 Å². The van der Waals surface area contributed by atoms with Crippen molar-refractivity contribution < 1.29 is 35.5 Å². The van der Waals surface area contributed by atoms with Crippen LogP contribution >= 0.6 is 0 Å². The molecule has 2 atom stereocenters. The lowest BCUT2D eigenvalue weighted by molar-refractivity contribution is -0.718. The third-order valence-corrected chi connectivity index (χ3v) is 8.63. The van der Waals surface area contributed by atoms with Gasteiger partial charge in [-0.2, -0.15) is 35.5 Å². The van der Waals surface area contributed by atoms with Crippen molar-refractivity contribution in [2.45, 2.75) is 37.2 Å². The lowest BCUT2D eigenvalue weighted by Crippen LogP contribution is -2.49. The van der Waals surface area contributed by atoms with Gasteiger partial charge < -0.3 is 0 Å². The zero-order valence-corrected chi connectivity index (χ0v) is 23.3. The summed E-state index contributed by atoms with van der Waals surface area (Å²) in [5.41, 5.74) is 2.40. The normalized spacial score (nSPS) is 18.2. The minimum absolute atomic E-state index is 0.0642. The van der Waals surface area contributed by atoms with E-state index in [1.165, 1.54) is 0 Å². The van der Waals surface area contributed by atoms with Crippen molar-refractivity contribution in [3.05, 3.63) is 138 Å². The molecule has 0 fully saturated rings. The van der Waals surface area contributed by atoms with Gasteiger partial charge in [-0.05, 0) is 59.5 Å². The van der Waals surface area contributed by atoms with Gasteiger partial charge in [-0.15, -0.1) is 0 Å². The molecule has 0 spiro atoms. The number of pyridine rings is 2. The van der Waals surface area contributed by atoms with Gasteiger partial charge in [0.1, 0.15) is 0 Å². The van der Waals surface area contributed by atoms with Crippen LogP contribution in [-0.4, -0.2) is 0 Å². The van der Waals surface area contributed by atoms with E-state index < -0.39 is 35.4 Å². The molecule has 0 bridgehead atoms. The lowest BCUT2D eigenvalue weighted by Gasteiger charge is -2.32. The molecule has 2 nitrogen and oxygen atoms in total. The molecule has 2 aromatic heterocycles. The van der Waals surface area contributed by atoms with E-state index in [0.717, 1.165) is 34.0 Å². The summed E-state index contributed by atoms with van der Waals surface area (Å²) in [7, 11) is 0. The third-order valence-electron chi connectivity index (χ3n) is 8.63. The number of aromatic nitrogens is 2. The van der Waals surface area contributed by atoms with E-state index in [2.05, 4.69) is 6.07 Å². The maximum atomic E-state index is 14.5. The summed E-state index contributed by atoms with van der Waals surface area (Å²) in [4.78, 5) is 0. The van der Waals surface area contributed by atoms with Crippen molar-refractivity contribution in [2.24, 2.45) is 0 Å². The van der Waals surface area contributed by atoms with E-state index in [4.69, 9.17) is 0 Å². The van der Waals surface area contributed by atoms with Crippen LogP contribution in [0, 0.1) is 0 Å². The Morgan fingerprint density at radius 1 is 0.682 bits per heavy atom. The summed E-state index contributed by atoms with van der Waals surface area (Å²) >= 11 is 0. The standard InChI is InChI=1S/C36H26F6N2/c37-35(38,39)26-20-29-28-13-8-17-43-22-25(23-9-2-1-3-10-23)15-16-31(43)27-12-5-4-11-24(27)19-33(28)44-18-7-6-14-32(44)34(29)30(21-26)36(40,41)42/h1-12,14-18,20-22,28,33H,13,19H2/q+2/b17-8+. The van der Waals surface area contributed by atoms with Gasteiger partial charge in [0.2, 0.25) is 11.4 Å². The number of rotatable bonds is 1. The smallest absolute Gasteiger partial charge is 0.195 e. The summed E-state index contributed by atoms with van der Waals surface area (Å²) in [5.74, 6) is -0.655. The fourth-order valence-corrected chi connectivity index (χ4v) is 6.68. The Hall–Kier alpha value is -4.72. The van der Waals surface area contributed by atoms with Crippen LogP contribution in [0.5, 0.6) is 0 Å². The van der Waals surface area contributed by atoms with Gasteiger partial charge in [0, 0.05) is 30.2 Å². The van der Waals surface area contributed by atoms with Crippen molar-refractivity contribution in [1.82, 2.24) is 0 Å². The molecule has 220 valence electrons. The quantitative estimate of drug-likeness (QED) is 0.134. The highest BCUT2D eigenvalue weighted by molar-refractivity contribution is 5.71. The van der Waals surface area contributed by atoms with Gasteiger partial charge in [-0.25, -0.2) is 0 Å². The number of alkyl halides is 6. The average Bonchev–Trinajstić information content (AvgIpc) is 3.01. The van der Waals surface area contributed by atoms with Gasteiger partial charge in [0.05, 0.1) is 28.2 Å². The van der Waals surface area contributed by atoms with Crippen LogP contribution in [0.15, 0.2) is 116 Å². The highest BCUT2D eigenvalue weighted by atomic mass is 19.4. The molecule has 0 aliphatic carbocycles. The summed E-state index contributed by atoms with van der Waals surface area (Å²) in [5, 5.41) is 0. The van der Waals surface area contributed by atoms with E-state index in [-0.39, 0.29) is 29.3 Å². The fraction of sp³-hybridized carbons (Fsp3) is 0.167. The number of nitrogens with zero attached hydrogens (tertiary/aromatic N) is 2. The Labute approximate surface area is 250 Å². The van der Waals surface area contributed by atoms with Gasteiger partial charge in [0.25, 0.3) is 0 Å². The second-order valence-corrected chi connectivity index (χ2v) is 11.2. The number of hydrogen-bond donors (Lipinski definition) is 0. The molecule has 2 unspecified atom stereocenters. The maximum absolute atomic E-state index is 14.5. The Morgan fingerprint density at radius 3 is 2.20 bits per heavy atom. The molecular weight excluding hydrogens is 574 g/mol. The summed E-state index contributed by atoms with van der Waals surface area (Å²) in [6.45, 7) is 0. The molecular formula is C36H26F6N2+2.